The number of hydrogen-bond donors (Lipinski definition) is 0. The van der Waals surface area contributed by atoms with Gasteiger partial charge < -0.3 is 0 Å². The molecule has 1 rings (SSSR count). The summed E-state index contributed by atoms with van der Waals surface area (Å²) >= 11 is 0. The lowest BCUT2D eigenvalue weighted by atomic mass is 9.75. The molecule has 0 aliphatic heterocycles. The van der Waals surface area contributed by atoms with Gasteiger partial charge in [0.2, 0.25) is 0 Å². The molecule has 0 unspecified atom stereocenters. The van der Waals surface area contributed by atoms with Crippen LogP contribution in [0.2, 0.25) is 0 Å². The fourth-order valence-electron chi connectivity index (χ4n) is 1.90. The Balaban J connectivity index is 3.70. The van der Waals surface area contributed by atoms with E-state index in [1.165, 1.54) is 0 Å². The molecule has 0 amide bonds. The van der Waals surface area contributed by atoms with Crippen LogP contribution in [0.15, 0.2) is 18.2 Å². The normalized spacial score (nSPS) is 12.1. The number of rotatable bonds is 3. The van der Waals surface area contributed by atoms with Gasteiger partial charge in [-0.3, -0.25) is 0 Å². The first-order valence-corrected chi connectivity index (χ1v) is 6.90. The summed E-state index contributed by atoms with van der Waals surface area (Å²) < 4.78 is 0. The van der Waals surface area contributed by atoms with Gasteiger partial charge in [-0.15, -0.1) is 0 Å². The predicted molar refractivity (Wildman–Crippen MR) is 82.4 cm³/mol. The Kier molecular flexibility index (Phi) is 4.17. The van der Waals surface area contributed by atoms with Crippen LogP contribution in [0.5, 0.6) is 0 Å². The summed E-state index contributed by atoms with van der Waals surface area (Å²) in [5.41, 5.74) is 0.517. The van der Waals surface area contributed by atoms with Gasteiger partial charge in [0, 0.05) is 0 Å². The molecule has 0 radical (unpaired) electrons. The first kappa shape index (κ1) is 16.7. The molecule has 1 aromatic rings. The van der Waals surface area contributed by atoms with Crippen LogP contribution in [0, 0.1) is 34.0 Å². The van der Waals surface area contributed by atoms with Crippen molar-refractivity contribution in [2.24, 2.45) is 0 Å². The van der Waals surface area contributed by atoms with E-state index in [0.717, 1.165) is 16.7 Å². The largest absolute Gasteiger partial charge is 0.197 e. The highest BCUT2D eigenvalue weighted by molar-refractivity contribution is 5.46. The second kappa shape index (κ2) is 5.23. The van der Waals surface area contributed by atoms with Gasteiger partial charge in [0.15, 0.2) is 0 Å². The first-order valence-electron chi connectivity index (χ1n) is 6.90. The molecule has 21 heavy (non-hydrogen) atoms. The van der Waals surface area contributed by atoms with E-state index in [4.69, 9.17) is 0 Å². The molecule has 0 heterocycles. The Morgan fingerprint density at radius 3 is 0.905 bits per heavy atom. The zero-order valence-electron chi connectivity index (χ0n) is 13.6. The molecule has 108 valence electrons. The summed E-state index contributed by atoms with van der Waals surface area (Å²) in [5, 5.41) is 28.1. The molecule has 0 aromatic heterocycles. The third-order valence-electron chi connectivity index (χ3n) is 3.94. The third kappa shape index (κ3) is 3.24. The maximum absolute atomic E-state index is 9.37. The number of nitriles is 3. The monoisotopic (exact) mass is 279 g/mol. The van der Waals surface area contributed by atoms with Crippen LogP contribution in [0.3, 0.4) is 0 Å². The summed E-state index contributed by atoms with van der Waals surface area (Å²) in [6.45, 7) is 11.1. The van der Waals surface area contributed by atoms with Crippen molar-refractivity contribution >= 4 is 0 Å². The summed E-state index contributed by atoms with van der Waals surface area (Å²) in [6.07, 6.45) is 0. The van der Waals surface area contributed by atoms with Gasteiger partial charge in [-0.25, -0.2) is 0 Å². The van der Waals surface area contributed by atoms with Crippen molar-refractivity contribution in [3.05, 3.63) is 34.9 Å². The van der Waals surface area contributed by atoms with Crippen molar-refractivity contribution in [3.63, 3.8) is 0 Å². The lowest BCUT2D eigenvalue weighted by Gasteiger charge is -2.26. The average molecular weight is 279 g/mol. The maximum Gasteiger partial charge on any atom is 0.0766 e. The Morgan fingerprint density at radius 2 is 0.762 bits per heavy atom. The van der Waals surface area contributed by atoms with Crippen LogP contribution in [0.4, 0.5) is 0 Å². The van der Waals surface area contributed by atoms with Gasteiger partial charge in [0.05, 0.1) is 34.5 Å². The van der Waals surface area contributed by atoms with Crippen LogP contribution >= 0.6 is 0 Å². The van der Waals surface area contributed by atoms with Crippen LogP contribution in [0.1, 0.15) is 58.2 Å². The van der Waals surface area contributed by atoms with Crippen molar-refractivity contribution in [1.82, 2.24) is 0 Å². The Morgan fingerprint density at radius 1 is 0.571 bits per heavy atom. The topological polar surface area (TPSA) is 71.4 Å². The molecule has 0 N–H and O–H groups in total. The van der Waals surface area contributed by atoms with Gasteiger partial charge in [0.25, 0.3) is 0 Å². The molecule has 0 saturated heterocycles. The van der Waals surface area contributed by atoms with E-state index in [1.54, 1.807) is 0 Å². The average Bonchev–Trinajstić information content (AvgIpc) is 2.46. The second-order valence-corrected chi connectivity index (χ2v) is 7.01. The molecule has 0 atom stereocenters. The van der Waals surface area contributed by atoms with E-state index in [0.29, 0.717) is 0 Å². The minimum absolute atomic E-state index is 0.665. The second-order valence-electron chi connectivity index (χ2n) is 7.01. The highest BCUT2D eigenvalue weighted by atomic mass is 14.4. The Bertz CT molecular complexity index is 566. The Labute approximate surface area is 127 Å². The van der Waals surface area contributed by atoms with E-state index in [9.17, 15) is 15.8 Å². The van der Waals surface area contributed by atoms with Crippen molar-refractivity contribution < 1.29 is 0 Å². The van der Waals surface area contributed by atoms with Gasteiger partial charge in [0.1, 0.15) is 0 Å². The van der Waals surface area contributed by atoms with Crippen molar-refractivity contribution in [3.8, 4) is 18.2 Å². The van der Waals surface area contributed by atoms with Crippen LogP contribution < -0.4 is 0 Å². The number of nitrogens with zero attached hydrogens (tertiary/aromatic N) is 3. The molecular formula is C18H21N3. The van der Waals surface area contributed by atoms with E-state index in [-0.39, 0.29) is 0 Å². The highest BCUT2D eigenvalue weighted by Crippen LogP contribution is 2.34. The van der Waals surface area contributed by atoms with Gasteiger partial charge in [-0.05, 0) is 58.2 Å². The SMILES string of the molecule is CC(C)(C#N)c1cc(C(C)(C)C#N)cc(C(C)(C)C#N)c1. The van der Waals surface area contributed by atoms with Gasteiger partial charge in [-0.1, -0.05) is 18.2 Å². The molecule has 0 fully saturated rings. The standard InChI is InChI=1S/C18H21N3/c1-16(2,10-19)13-7-14(17(3,4)11-20)9-15(8-13)18(5,6)12-21/h7-9H,1-6H3. The summed E-state index contributed by atoms with van der Waals surface area (Å²) in [7, 11) is 0. The lowest BCUT2D eigenvalue weighted by molar-refractivity contribution is 0.638. The molecule has 3 nitrogen and oxygen atoms in total. The maximum atomic E-state index is 9.37. The third-order valence-corrected chi connectivity index (χ3v) is 3.94. The zero-order valence-corrected chi connectivity index (χ0v) is 13.6. The summed E-state index contributed by atoms with van der Waals surface area (Å²) in [5.74, 6) is 0. The molecule has 0 spiro atoms. The van der Waals surface area contributed by atoms with Gasteiger partial charge in [-0.2, -0.15) is 15.8 Å². The van der Waals surface area contributed by atoms with Crippen molar-refractivity contribution in [2.75, 3.05) is 0 Å². The molecular weight excluding hydrogens is 258 g/mol. The number of benzene rings is 1. The molecule has 1 aromatic carbocycles. The minimum atomic E-state index is -0.665. The molecule has 0 bridgehead atoms. The minimum Gasteiger partial charge on any atom is -0.197 e. The van der Waals surface area contributed by atoms with E-state index in [2.05, 4.69) is 18.2 Å². The quantitative estimate of drug-likeness (QED) is 0.836. The smallest absolute Gasteiger partial charge is 0.0766 e. The fourth-order valence-corrected chi connectivity index (χ4v) is 1.90. The van der Waals surface area contributed by atoms with Crippen LogP contribution in [-0.4, -0.2) is 0 Å². The van der Waals surface area contributed by atoms with E-state index < -0.39 is 16.2 Å². The van der Waals surface area contributed by atoms with Gasteiger partial charge >= 0.3 is 0 Å². The first-order chi connectivity index (χ1) is 9.50. The molecule has 0 saturated carbocycles. The fraction of sp³-hybridized carbons (Fsp3) is 0.500. The van der Waals surface area contributed by atoms with E-state index in [1.807, 2.05) is 59.7 Å². The molecule has 0 aliphatic rings. The van der Waals surface area contributed by atoms with Crippen molar-refractivity contribution in [2.45, 2.75) is 57.8 Å². The van der Waals surface area contributed by atoms with Crippen LogP contribution in [-0.2, 0) is 16.2 Å². The number of hydrogen-bond acceptors (Lipinski definition) is 3. The zero-order chi connectivity index (χ0) is 16.5. The molecule has 3 heteroatoms. The summed E-state index contributed by atoms with van der Waals surface area (Å²) in [4.78, 5) is 0. The Hall–Kier alpha value is -2.31. The van der Waals surface area contributed by atoms with E-state index >= 15 is 0 Å². The van der Waals surface area contributed by atoms with Crippen LogP contribution in [0.25, 0.3) is 0 Å². The predicted octanol–water partition coefficient (Wildman–Crippen LogP) is 4.09. The highest BCUT2D eigenvalue weighted by Gasteiger charge is 2.29. The lowest BCUT2D eigenvalue weighted by Crippen LogP contribution is -2.22. The van der Waals surface area contributed by atoms with Crippen molar-refractivity contribution in [1.29, 1.82) is 15.8 Å². The summed E-state index contributed by atoms with van der Waals surface area (Å²) in [6, 6.07) is 12.6. The molecule has 0 aliphatic carbocycles.